The molecule has 3 rings (SSSR count). The molecular weight excluding hydrogens is 444 g/mol. The number of halogens is 1. The summed E-state index contributed by atoms with van der Waals surface area (Å²) in [5, 5.41) is 36.0. The van der Waals surface area contributed by atoms with Crippen LogP contribution in [0, 0.1) is 12.3 Å². The van der Waals surface area contributed by atoms with Crippen LogP contribution in [0.3, 0.4) is 0 Å². The van der Waals surface area contributed by atoms with E-state index < -0.39 is 5.91 Å². The second-order valence-electron chi connectivity index (χ2n) is 7.70. The summed E-state index contributed by atoms with van der Waals surface area (Å²) < 4.78 is 5.48. The second kappa shape index (κ2) is 11.2. The average Bonchev–Trinajstić information content (AvgIpc) is 2.76. The minimum Gasteiger partial charge on any atom is -0.506 e. The number of hydrogen-bond donors (Lipinski definition) is 5. The van der Waals surface area contributed by atoms with Gasteiger partial charge in [0.2, 0.25) is 11.7 Å². The van der Waals surface area contributed by atoms with Gasteiger partial charge in [0.15, 0.2) is 11.5 Å². The first kappa shape index (κ1) is 25.5. The van der Waals surface area contributed by atoms with Crippen LogP contribution in [0.25, 0.3) is 0 Å². The molecule has 0 saturated heterocycles. The molecule has 0 aliphatic rings. The molecule has 174 valence electrons. The summed E-state index contributed by atoms with van der Waals surface area (Å²) in [4.78, 5) is 10.8. The third-order valence-corrected chi connectivity index (χ3v) is 5.13. The molecule has 8 heteroatoms. The number of benzene rings is 3. The number of carbonyl (C=O) groups excluding carboxylic acids is 1. The molecule has 0 saturated carbocycles. The van der Waals surface area contributed by atoms with Crippen molar-refractivity contribution in [2.75, 3.05) is 0 Å². The third-order valence-electron chi connectivity index (χ3n) is 4.83. The van der Waals surface area contributed by atoms with Crippen LogP contribution in [0.15, 0.2) is 48.5 Å². The Morgan fingerprint density at radius 2 is 1.64 bits per heavy atom. The summed E-state index contributed by atoms with van der Waals surface area (Å²) in [6.45, 7) is 6.19. The van der Waals surface area contributed by atoms with Gasteiger partial charge in [-0.2, -0.15) is 0 Å². The molecule has 6 N–H and O–H groups in total. The van der Waals surface area contributed by atoms with Gasteiger partial charge in [0, 0.05) is 11.8 Å². The topological polar surface area (TPSA) is 137 Å². The lowest BCUT2D eigenvalue weighted by molar-refractivity contribution is 0.0999. The zero-order valence-corrected chi connectivity index (χ0v) is 19.3. The number of rotatable bonds is 6. The molecular formula is C25H27ClN2O5. The fraction of sp³-hybridized carbons (Fsp3) is 0.200. The molecule has 0 fully saturated rings. The summed E-state index contributed by atoms with van der Waals surface area (Å²) in [6.07, 6.45) is 1.05. The number of phenolic OH excluding ortho intramolecular Hbond substituents is 3. The number of amides is 1. The molecule has 0 bridgehead atoms. The molecule has 3 aromatic carbocycles. The number of nitrogens with two attached hydrogens (primary N) is 1. The summed E-state index contributed by atoms with van der Waals surface area (Å²) in [5.74, 6) is -0.427. The maximum absolute atomic E-state index is 10.8. The number of nitrogens with one attached hydrogen (secondary N) is 1. The number of ether oxygens (including phenoxy) is 1. The highest BCUT2D eigenvalue weighted by molar-refractivity contribution is 6.32. The number of aromatic hydroxyl groups is 3. The second-order valence-corrected chi connectivity index (χ2v) is 8.11. The van der Waals surface area contributed by atoms with Gasteiger partial charge in [-0.15, -0.1) is 0 Å². The quantitative estimate of drug-likeness (QED) is 0.313. The van der Waals surface area contributed by atoms with E-state index in [4.69, 9.17) is 32.6 Å². The minimum absolute atomic E-state index is 0.0357. The lowest BCUT2D eigenvalue weighted by Gasteiger charge is -2.11. The Balaban J connectivity index is 0.000000273. The van der Waals surface area contributed by atoms with Crippen LogP contribution >= 0.6 is 11.6 Å². The predicted molar refractivity (Wildman–Crippen MR) is 129 cm³/mol. The van der Waals surface area contributed by atoms with Crippen LogP contribution in [0.4, 0.5) is 0 Å². The van der Waals surface area contributed by atoms with Crippen molar-refractivity contribution in [1.29, 1.82) is 5.41 Å². The Hall–Kier alpha value is -3.71. The Morgan fingerprint density at radius 3 is 2.12 bits per heavy atom. The van der Waals surface area contributed by atoms with E-state index in [1.54, 1.807) is 6.92 Å². The summed E-state index contributed by atoms with van der Waals surface area (Å²) in [6, 6.07) is 13.5. The van der Waals surface area contributed by atoms with Crippen molar-refractivity contribution < 1.29 is 24.9 Å². The minimum atomic E-state index is -0.547. The first-order valence-corrected chi connectivity index (χ1v) is 10.5. The largest absolute Gasteiger partial charge is 0.506 e. The maximum Gasteiger partial charge on any atom is 0.249 e. The first-order valence-electron chi connectivity index (χ1n) is 10.1. The normalized spacial score (nSPS) is 10.3. The molecule has 0 aliphatic carbocycles. The molecule has 33 heavy (non-hydrogen) atoms. The lowest BCUT2D eigenvalue weighted by Crippen LogP contribution is -2.12. The molecule has 0 heterocycles. The fourth-order valence-corrected chi connectivity index (χ4v) is 3.10. The Morgan fingerprint density at radius 1 is 1.06 bits per heavy atom. The van der Waals surface area contributed by atoms with Gasteiger partial charge in [0.25, 0.3) is 0 Å². The molecule has 0 unspecified atom stereocenters. The van der Waals surface area contributed by atoms with Crippen LogP contribution in [-0.2, 0) is 6.61 Å². The van der Waals surface area contributed by atoms with Crippen LogP contribution < -0.4 is 10.5 Å². The Kier molecular flexibility index (Phi) is 8.70. The number of carbonyl (C=O) groups is 1. The Bertz CT molecular complexity index is 1120. The van der Waals surface area contributed by atoms with Gasteiger partial charge in [0.05, 0.1) is 5.02 Å². The maximum atomic E-state index is 10.8. The molecule has 0 radical (unpaired) electrons. The highest BCUT2D eigenvalue weighted by Gasteiger charge is 2.11. The van der Waals surface area contributed by atoms with Gasteiger partial charge in [-0.25, -0.2) is 0 Å². The molecule has 0 atom stereocenters. The molecule has 0 spiro atoms. The average molecular weight is 471 g/mol. The van der Waals surface area contributed by atoms with Gasteiger partial charge in [-0.05, 0) is 59.4 Å². The van der Waals surface area contributed by atoms with E-state index >= 15 is 0 Å². The van der Waals surface area contributed by atoms with Crippen LogP contribution in [0.5, 0.6) is 23.0 Å². The number of aryl methyl sites for hydroxylation is 1. The molecule has 0 aromatic heterocycles. The van der Waals surface area contributed by atoms with Gasteiger partial charge in [-0.1, -0.05) is 49.7 Å². The van der Waals surface area contributed by atoms with Crippen molar-refractivity contribution in [2.24, 2.45) is 5.73 Å². The van der Waals surface area contributed by atoms with Crippen molar-refractivity contribution in [3.63, 3.8) is 0 Å². The van der Waals surface area contributed by atoms with Crippen LogP contribution in [-0.4, -0.2) is 27.4 Å². The van der Waals surface area contributed by atoms with Crippen LogP contribution in [0.2, 0.25) is 5.02 Å². The molecule has 1 amide bonds. The van der Waals surface area contributed by atoms with Crippen molar-refractivity contribution in [1.82, 2.24) is 0 Å². The monoisotopic (exact) mass is 470 g/mol. The summed E-state index contributed by atoms with van der Waals surface area (Å²) >= 11 is 5.57. The van der Waals surface area contributed by atoms with E-state index in [2.05, 4.69) is 13.8 Å². The van der Waals surface area contributed by atoms with Crippen LogP contribution in [0.1, 0.15) is 52.4 Å². The highest BCUT2D eigenvalue weighted by Crippen LogP contribution is 2.37. The van der Waals surface area contributed by atoms with Crippen molar-refractivity contribution in [3.8, 4) is 23.0 Å². The van der Waals surface area contributed by atoms with Crippen molar-refractivity contribution >= 4 is 23.7 Å². The first-order chi connectivity index (χ1) is 15.5. The van der Waals surface area contributed by atoms with E-state index in [-0.39, 0.29) is 34.6 Å². The van der Waals surface area contributed by atoms with E-state index in [9.17, 15) is 15.0 Å². The third kappa shape index (κ3) is 6.89. The van der Waals surface area contributed by atoms with Gasteiger partial charge in [0.1, 0.15) is 12.4 Å². The zero-order chi connectivity index (χ0) is 24.7. The summed E-state index contributed by atoms with van der Waals surface area (Å²) in [5.41, 5.74) is 8.62. The SMILES string of the molecule is CC(C)c1ccc(COc2c(O)cc(C=N)cc2O)cc1.Cc1cc(O)c(Cl)cc1C(N)=O. The summed E-state index contributed by atoms with van der Waals surface area (Å²) in [7, 11) is 0. The lowest BCUT2D eigenvalue weighted by atomic mass is 10.0. The van der Waals surface area contributed by atoms with E-state index in [0.29, 0.717) is 22.6 Å². The number of phenols is 3. The van der Waals surface area contributed by atoms with E-state index in [1.807, 2.05) is 24.3 Å². The fourth-order valence-electron chi connectivity index (χ4n) is 2.94. The molecule has 0 aliphatic heterocycles. The van der Waals surface area contributed by atoms with Gasteiger partial charge < -0.3 is 31.2 Å². The van der Waals surface area contributed by atoms with Gasteiger partial charge in [-0.3, -0.25) is 4.79 Å². The molecule has 7 nitrogen and oxygen atoms in total. The number of primary amides is 1. The van der Waals surface area contributed by atoms with Gasteiger partial charge >= 0.3 is 0 Å². The standard InChI is InChI=1S/C17H19NO3.C8H8ClNO2/c1-11(2)14-5-3-12(4-6-14)10-21-17-15(19)7-13(9-18)8-16(17)20;1-4-2-7(11)6(9)3-5(4)8(10)12/h3-9,11,18-20H,10H2,1-2H3;2-3,11H,1H3,(H2,10,12). The van der Waals surface area contributed by atoms with Crippen molar-refractivity contribution in [2.45, 2.75) is 33.3 Å². The van der Waals surface area contributed by atoms with E-state index in [1.165, 1.54) is 29.8 Å². The Labute approximate surface area is 197 Å². The number of hydrogen-bond acceptors (Lipinski definition) is 6. The van der Waals surface area contributed by atoms with E-state index in [0.717, 1.165) is 11.8 Å². The predicted octanol–water partition coefficient (Wildman–Crippen LogP) is 5.25. The van der Waals surface area contributed by atoms with Crippen molar-refractivity contribution in [3.05, 3.63) is 81.4 Å². The smallest absolute Gasteiger partial charge is 0.249 e. The highest BCUT2D eigenvalue weighted by atomic mass is 35.5. The molecule has 3 aromatic rings. The zero-order valence-electron chi connectivity index (χ0n) is 18.6.